The highest BCUT2D eigenvalue weighted by Gasteiger charge is 2.27. The Labute approximate surface area is 119 Å². The lowest BCUT2D eigenvalue weighted by molar-refractivity contribution is -0.191. The highest BCUT2D eigenvalue weighted by molar-refractivity contribution is 6.31. The third kappa shape index (κ3) is 6.95. The van der Waals surface area contributed by atoms with Gasteiger partial charge in [-0.1, -0.05) is 11.6 Å². The molecule has 1 unspecified atom stereocenters. The molecule has 0 aliphatic rings. The lowest BCUT2D eigenvalue weighted by Crippen LogP contribution is -2.34. The summed E-state index contributed by atoms with van der Waals surface area (Å²) in [7, 11) is 0. The van der Waals surface area contributed by atoms with Gasteiger partial charge in [0.1, 0.15) is 18.5 Å². The smallest absolute Gasteiger partial charge is 0.413 e. The molecule has 0 spiro atoms. The van der Waals surface area contributed by atoms with E-state index in [1.54, 1.807) is 25.1 Å². The van der Waals surface area contributed by atoms with Crippen LogP contribution >= 0.6 is 11.6 Å². The minimum atomic E-state index is -4.41. The van der Waals surface area contributed by atoms with Gasteiger partial charge in [0.05, 0.1) is 6.54 Å². The Hall–Kier alpha value is -1.02. The zero-order chi connectivity index (χ0) is 15.2. The first-order valence-electron chi connectivity index (χ1n) is 5.76. The number of hydroxylamine groups is 1. The molecule has 0 amide bonds. The molecular weight excluding hydrogens is 299 g/mol. The van der Waals surface area contributed by atoms with E-state index in [9.17, 15) is 18.3 Å². The third-order valence-electron chi connectivity index (χ3n) is 2.23. The van der Waals surface area contributed by atoms with E-state index in [-0.39, 0.29) is 13.2 Å². The van der Waals surface area contributed by atoms with Gasteiger partial charge >= 0.3 is 6.18 Å². The van der Waals surface area contributed by atoms with E-state index >= 15 is 0 Å². The number of ether oxygens (including phenoxy) is 1. The van der Waals surface area contributed by atoms with Gasteiger partial charge in [0.2, 0.25) is 0 Å². The summed E-state index contributed by atoms with van der Waals surface area (Å²) in [5, 5.41) is 10.1. The predicted molar refractivity (Wildman–Crippen MR) is 67.7 cm³/mol. The number of hydrogen-bond acceptors (Lipinski definition) is 4. The number of aliphatic hydroxyl groups excluding tert-OH is 1. The average Bonchev–Trinajstić information content (AvgIpc) is 2.35. The second-order valence-corrected chi connectivity index (χ2v) is 4.54. The van der Waals surface area contributed by atoms with Crippen LogP contribution in [0, 0.1) is 6.92 Å². The summed E-state index contributed by atoms with van der Waals surface area (Å²) in [6.45, 7) is 0.126. The van der Waals surface area contributed by atoms with Crippen molar-refractivity contribution in [1.29, 1.82) is 0 Å². The highest BCUT2D eigenvalue weighted by Crippen LogP contribution is 2.21. The van der Waals surface area contributed by atoms with Crippen LogP contribution in [0.4, 0.5) is 13.2 Å². The van der Waals surface area contributed by atoms with Crippen LogP contribution in [0.2, 0.25) is 5.02 Å². The Morgan fingerprint density at radius 3 is 2.70 bits per heavy atom. The summed E-state index contributed by atoms with van der Waals surface area (Å²) in [5.41, 5.74) is 2.85. The lowest BCUT2D eigenvalue weighted by atomic mass is 10.2. The van der Waals surface area contributed by atoms with Gasteiger partial charge < -0.3 is 9.84 Å². The van der Waals surface area contributed by atoms with Crippen LogP contribution in [0.3, 0.4) is 0 Å². The van der Waals surface area contributed by atoms with Crippen molar-refractivity contribution >= 4 is 11.6 Å². The van der Waals surface area contributed by atoms with Gasteiger partial charge in [-0.05, 0) is 30.7 Å². The minimum absolute atomic E-state index is 0.0799. The molecule has 114 valence electrons. The first kappa shape index (κ1) is 17.0. The topological polar surface area (TPSA) is 50.7 Å². The number of rotatable bonds is 7. The zero-order valence-corrected chi connectivity index (χ0v) is 11.5. The molecule has 0 heterocycles. The van der Waals surface area contributed by atoms with Crippen LogP contribution < -0.4 is 10.2 Å². The van der Waals surface area contributed by atoms with Crippen LogP contribution in [0.25, 0.3) is 0 Å². The van der Waals surface area contributed by atoms with Gasteiger partial charge in [-0.25, -0.2) is 0 Å². The molecule has 0 aromatic heterocycles. The molecule has 0 aliphatic heterocycles. The summed E-state index contributed by atoms with van der Waals surface area (Å²) in [5.74, 6) is 0.516. The molecule has 1 aromatic carbocycles. The van der Waals surface area contributed by atoms with E-state index in [0.717, 1.165) is 5.56 Å². The molecule has 20 heavy (non-hydrogen) atoms. The molecule has 1 aromatic rings. The fourth-order valence-corrected chi connectivity index (χ4v) is 1.36. The van der Waals surface area contributed by atoms with Crippen molar-refractivity contribution < 1.29 is 27.9 Å². The van der Waals surface area contributed by atoms with Crippen molar-refractivity contribution in [3.05, 3.63) is 28.8 Å². The van der Waals surface area contributed by atoms with E-state index in [0.29, 0.717) is 10.8 Å². The maximum Gasteiger partial charge on any atom is 0.413 e. The van der Waals surface area contributed by atoms with Gasteiger partial charge in [-0.15, -0.1) is 0 Å². The first-order chi connectivity index (χ1) is 9.28. The molecule has 1 atom stereocenters. The quantitative estimate of drug-likeness (QED) is 0.600. The number of aliphatic hydroxyl groups is 1. The van der Waals surface area contributed by atoms with Crippen LogP contribution in [0.1, 0.15) is 5.56 Å². The number of alkyl halides is 3. The predicted octanol–water partition coefficient (Wildman–Crippen LogP) is 2.47. The largest absolute Gasteiger partial charge is 0.491 e. The number of halogens is 4. The van der Waals surface area contributed by atoms with Gasteiger partial charge in [0.25, 0.3) is 0 Å². The van der Waals surface area contributed by atoms with E-state index in [1.165, 1.54) is 0 Å². The van der Waals surface area contributed by atoms with Crippen LogP contribution in [-0.2, 0) is 4.84 Å². The Kier molecular flexibility index (Phi) is 6.54. The Balaban J connectivity index is 2.22. The number of nitrogens with one attached hydrogen (secondary N) is 1. The molecule has 0 fully saturated rings. The van der Waals surface area contributed by atoms with Crippen molar-refractivity contribution in [2.75, 3.05) is 19.8 Å². The molecule has 0 saturated carbocycles. The first-order valence-corrected chi connectivity index (χ1v) is 6.14. The molecule has 4 nitrogen and oxygen atoms in total. The molecule has 0 aliphatic carbocycles. The summed E-state index contributed by atoms with van der Waals surface area (Å²) < 4.78 is 40.5. The van der Waals surface area contributed by atoms with E-state index in [1.807, 2.05) is 5.48 Å². The second-order valence-electron chi connectivity index (χ2n) is 4.13. The van der Waals surface area contributed by atoms with E-state index in [2.05, 4.69) is 4.84 Å². The Bertz CT molecular complexity index is 429. The fourth-order valence-electron chi connectivity index (χ4n) is 1.25. The molecular formula is C12H15ClF3NO3. The summed E-state index contributed by atoms with van der Waals surface area (Å²) in [6, 6.07) is 4.99. The zero-order valence-electron chi connectivity index (χ0n) is 10.7. The van der Waals surface area contributed by atoms with Gasteiger partial charge in [0.15, 0.2) is 6.61 Å². The molecule has 2 N–H and O–H groups in total. The summed E-state index contributed by atoms with van der Waals surface area (Å²) >= 11 is 5.84. The molecule has 0 bridgehead atoms. The van der Waals surface area contributed by atoms with Crippen LogP contribution in [0.5, 0.6) is 5.75 Å². The number of aryl methyl sites for hydroxylation is 1. The van der Waals surface area contributed by atoms with Crippen molar-refractivity contribution in [3.8, 4) is 5.75 Å². The Morgan fingerprint density at radius 2 is 2.10 bits per heavy atom. The molecule has 0 radical (unpaired) electrons. The Morgan fingerprint density at radius 1 is 1.40 bits per heavy atom. The van der Waals surface area contributed by atoms with Crippen LogP contribution in [-0.4, -0.2) is 37.1 Å². The van der Waals surface area contributed by atoms with Gasteiger partial charge in [-0.2, -0.15) is 18.7 Å². The maximum absolute atomic E-state index is 11.8. The lowest BCUT2D eigenvalue weighted by Gasteiger charge is -2.14. The van der Waals surface area contributed by atoms with Crippen molar-refractivity contribution in [3.63, 3.8) is 0 Å². The van der Waals surface area contributed by atoms with Gasteiger partial charge in [0, 0.05) is 5.02 Å². The minimum Gasteiger partial charge on any atom is -0.491 e. The van der Waals surface area contributed by atoms with Crippen molar-refractivity contribution in [2.45, 2.75) is 19.2 Å². The monoisotopic (exact) mass is 313 g/mol. The van der Waals surface area contributed by atoms with E-state index in [4.69, 9.17) is 16.3 Å². The normalized spacial score (nSPS) is 13.3. The fraction of sp³-hybridized carbons (Fsp3) is 0.500. The molecule has 1 rings (SSSR count). The second kappa shape index (κ2) is 7.68. The molecule has 8 heteroatoms. The summed E-state index contributed by atoms with van der Waals surface area (Å²) in [4.78, 5) is 4.15. The third-order valence-corrected chi connectivity index (χ3v) is 2.65. The standard InChI is InChI=1S/C12H15ClF3NO3/c1-8-4-10(2-3-11(8)13)19-6-9(18)5-17-20-7-12(14,15)16/h2-4,9,17-18H,5-7H2,1H3. The molecule has 0 saturated heterocycles. The van der Waals surface area contributed by atoms with Crippen LogP contribution in [0.15, 0.2) is 18.2 Å². The number of benzene rings is 1. The maximum atomic E-state index is 11.8. The number of hydrogen-bond donors (Lipinski definition) is 2. The van der Waals surface area contributed by atoms with Crippen molar-refractivity contribution in [2.24, 2.45) is 0 Å². The SMILES string of the molecule is Cc1cc(OCC(O)CNOCC(F)(F)F)ccc1Cl. The van der Waals surface area contributed by atoms with Crippen molar-refractivity contribution in [1.82, 2.24) is 5.48 Å². The average molecular weight is 314 g/mol. The highest BCUT2D eigenvalue weighted by atomic mass is 35.5. The summed E-state index contributed by atoms with van der Waals surface area (Å²) in [6.07, 6.45) is -5.41. The van der Waals surface area contributed by atoms with Gasteiger partial charge in [-0.3, -0.25) is 4.84 Å². The van der Waals surface area contributed by atoms with E-state index < -0.39 is 18.9 Å².